The van der Waals surface area contributed by atoms with E-state index in [9.17, 15) is 4.79 Å². The summed E-state index contributed by atoms with van der Waals surface area (Å²) in [5.41, 5.74) is 3.20. The Morgan fingerprint density at radius 2 is 1.90 bits per heavy atom. The maximum absolute atomic E-state index is 12.9. The molecule has 0 radical (unpaired) electrons. The van der Waals surface area contributed by atoms with Crippen molar-refractivity contribution in [3.05, 3.63) is 47.8 Å². The maximum atomic E-state index is 12.9. The van der Waals surface area contributed by atoms with E-state index in [1.165, 1.54) is 0 Å². The number of carbonyl (C=O) groups excluding carboxylic acids is 1. The second-order valence-corrected chi connectivity index (χ2v) is 7.55. The van der Waals surface area contributed by atoms with Crippen LogP contribution in [-0.2, 0) is 18.3 Å². The predicted molar refractivity (Wildman–Crippen MR) is 116 cm³/mol. The van der Waals surface area contributed by atoms with Gasteiger partial charge in [0, 0.05) is 68.6 Å². The lowest BCUT2D eigenvalue weighted by Gasteiger charge is -2.35. The van der Waals surface area contributed by atoms with Gasteiger partial charge in [-0.15, -0.1) is 0 Å². The molecule has 3 aromatic rings. The quantitative estimate of drug-likeness (QED) is 0.723. The average molecular weight is 393 g/mol. The molecule has 152 valence electrons. The topological polar surface area (TPSA) is 66.3 Å². The van der Waals surface area contributed by atoms with E-state index in [0.717, 1.165) is 53.6 Å². The first-order valence-corrected chi connectivity index (χ1v) is 10.2. The highest BCUT2D eigenvalue weighted by molar-refractivity contribution is 5.89. The van der Waals surface area contributed by atoms with Crippen molar-refractivity contribution in [3.8, 4) is 0 Å². The molecule has 1 saturated heterocycles. The molecule has 1 aliphatic rings. The molecule has 29 heavy (non-hydrogen) atoms. The average Bonchev–Trinajstić information content (AvgIpc) is 3.04. The van der Waals surface area contributed by atoms with E-state index < -0.39 is 0 Å². The maximum Gasteiger partial charge on any atom is 0.227 e. The molecule has 0 bridgehead atoms. The van der Waals surface area contributed by atoms with E-state index in [2.05, 4.69) is 50.0 Å². The Morgan fingerprint density at radius 3 is 2.66 bits per heavy atom. The number of carbonyl (C=O) groups is 1. The Bertz CT molecular complexity index is 1020. The summed E-state index contributed by atoms with van der Waals surface area (Å²) in [6.07, 6.45) is 2.51. The fraction of sp³-hybridized carbons (Fsp3) is 0.409. The first kappa shape index (κ1) is 19.2. The van der Waals surface area contributed by atoms with Crippen molar-refractivity contribution >= 4 is 28.6 Å². The highest BCUT2D eigenvalue weighted by Gasteiger charge is 2.24. The summed E-state index contributed by atoms with van der Waals surface area (Å²) in [7, 11) is 2.03. The molecule has 0 saturated carbocycles. The van der Waals surface area contributed by atoms with Gasteiger partial charge in [-0.2, -0.15) is 4.98 Å². The Labute approximate surface area is 171 Å². The first-order valence-electron chi connectivity index (χ1n) is 10.2. The molecule has 0 aliphatic carbocycles. The van der Waals surface area contributed by atoms with Crippen LogP contribution in [0.5, 0.6) is 0 Å². The van der Waals surface area contributed by atoms with E-state index in [1.807, 2.05) is 37.1 Å². The molecule has 0 unspecified atom stereocenters. The van der Waals surface area contributed by atoms with Gasteiger partial charge in [0.15, 0.2) is 0 Å². The van der Waals surface area contributed by atoms with Crippen molar-refractivity contribution in [1.82, 2.24) is 19.4 Å². The van der Waals surface area contributed by atoms with Gasteiger partial charge in [-0.25, -0.2) is 4.98 Å². The van der Waals surface area contributed by atoms with Gasteiger partial charge in [-0.3, -0.25) is 4.79 Å². The zero-order chi connectivity index (χ0) is 20.4. The summed E-state index contributed by atoms with van der Waals surface area (Å²) >= 11 is 0. The standard InChI is InChI=1S/C22H28N6O/c1-4-23-20-13-16(2)24-22(25-20)28-11-9-27(10-12-28)21(29)14-17-15-26(3)19-8-6-5-7-18(17)19/h5-8,13,15H,4,9-12,14H2,1-3H3,(H,23,24,25). The van der Waals surface area contributed by atoms with Crippen LogP contribution in [0.1, 0.15) is 18.2 Å². The van der Waals surface area contributed by atoms with Crippen molar-refractivity contribution in [3.63, 3.8) is 0 Å². The summed E-state index contributed by atoms with van der Waals surface area (Å²) in [6, 6.07) is 10.2. The monoisotopic (exact) mass is 392 g/mol. The van der Waals surface area contributed by atoms with Gasteiger partial charge < -0.3 is 19.7 Å². The predicted octanol–water partition coefficient (Wildman–Crippen LogP) is 2.60. The molecule has 0 atom stereocenters. The fourth-order valence-electron chi connectivity index (χ4n) is 3.96. The number of nitrogens with zero attached hydrogens (tertiary/aromatic N) is 5. The minimum atomic E-state index is 0.180. The molecule has 7 heteroatoms. The number of hydrogen-bond acceptors (Lipinski definition) is 5. The van der Waals surface area contributed by atoms with Gasteiger partial charge in [0.1, 0.15) is 5.82 Å². The molecule has 7 nitrogen and oxygen atoms in total. The van der Waals surface area contributed by atoms with Crippen LogP contribution in [0.4, 0.5) is 11.8 Å². The summed E-state index contributed by atoms with van der Waals surface area (Å²) in [4.78, 5) is 26.2. The fourth-order valence-corrected chi connectivity index (χ4v) is 3.96. The SMILES string of the molecule is CCNc1cc(C)nc(N2CCN(C(=O)Cc3cn(C)c4ccccc34)CC2)n1. The number of aryl methyl sites for hydroxylation is 2. The van der Waals surface area contributed by atoms with Crippen LogP contribution in [0.2, 0.25) is 0 Å². The van der Waals surface area contributed by atoms with Crippen LogP contribution in [0.3, 0.4) is 0 Å². The van der Waals surface area contributed by atoms with Crippen LogP contribution in [0.25, 0.3) is 10.9 Å². The Morgan fingerprint density at radius 1 is 1.14 bits per heavy atom. The largest absolute Gasteiger partial charge is 0.370 e. The van der Waals surface area contributed by atoms with Crippen molar-refractivity contribution in [1.29, 1.82) is 0 Å². The Hall–Kier alpha value is -3.09. The smallest absolute Gasteiger partial charge is 0.227 e. The van der Waals surface area contributed by atoms with E-state index in [4.69, 9.17) is 0 Å². The van der Waals surface area contributed by atoms with Gasteiger partial charge in [0.05, 0.1) is 6.42 Å². The molecule has 1 aliphatic heterocycles. The number of anilines is 2. The molecule has 3 heterocycles. The highest BCUT2D eigenvalue weighted by Crippen LogP contribution is 2.22. The third kappa shape index (κ3) is 4.04. The minimum absolute atomic E-state index is 0.180. The van der Waals surface area contributed by atoms with Crippen LogP contribution in [-0.4, -0.2) is 58.1 Å². The van der Waals surface area contributed by atoms with E-state index >= 15 is 0 Å². The molecule has 1 fully saturated rings. The van der Waals surface area contributed by atoms with Crippen LogP contribution >= 0.6 is 0 Å². The second-order valence-electron chi connectivity index (χ2n) is 7.55. The number of aromatic nitrogens is 3. The van der Waals surface area contributed by atoms with Crippen molar-refractivity contribution in [2.75, 3.05) is 42.9 Å². The lowest BCUT2D eigenvalue weighted by molar-refractivity contribution is -0.130. The van der Waals surface area contributed by atoms with Gasteiger partial charge in [-0.05, 0) is 25.5 Å². The number of piperazine rings is 1. The normalized spacial score (nSPS) is 14.4. The van der Waals surface area contributed by atoms with E-state index in [1.54, 1.807) is 0 Å². The third-order valence-corrected chi connectivity index (χ3v) is 5.44. The molecule has 1 aromatic carbocycles. The number of fused-ring (bicyclic) bond motifs is 1. The molecule has 1 N–H and O–H groups in total. The number of nitrogens with one attached hydrogen (secondary N) is 1. The van der Waals surface area contributed by atoms with Crippen LogP contribution in [0, 0.1) is 6.92 Å². The first-order chi connectivity index (χ1) is 14.0. The van der Waals surface area contributed by atoms with Gasteiger partial charge >= 0.3 is 0 Å². The summed E-state index contributed by atoms with van der Waals surface area (Å²) < 4.78 is 2.09. The number of benzene rings is 1. The lowest BCUT2D eigenvalue weighted by Crippen LogP contribution is -2.49. The third-order valence-electron chi connectivity index (χ3n) is 5.44. The lowest BCUT2D eigenvalue weighted by atomic mass is 10.1. The number of para-hydroxylation sites is 1. The van der Waals surface area contributed by atoms with Gasteiger partial charge in [0.2, 0.25) is 11.9 Å². The highest BCUT2D eigenvalue weighted by atomic mass is 16.2. The Balaban J connectivity index is 1.41. The summed E-state index contributed by atoms with van der Waals surface area (Å²) in [5.74, 6) is 1.77. The number of amides is 1. The van der Waals surface area contributed by atoms with Crippen molar-refractivity contribution in [2.24, 2.45) is 7.05 Å². The number of rotatable bonds is 5. The molecule has 4 rings (SSSR count). The van der Waals surface area contributed by atoms with Crippen LogP contribution in [0.15, 0.2) is 36.5 Å². The van der Waals surface area contributed by atoms with Gasteiger partial charge in [-0.1, -0.05) is 18.2 Å². The van der Waals surface area contributed by atoms with Crippen molar-refractivity contribution in [2.45, 2.75) is 20.3 Å². The zero-order valence-corrected chi connectivity index (χ0v) is 17.4. The minimum Gasteiger partial charge on any atom is -0.370 e. The molecule has 2 aromatic heterocycles. The molecule has 0 spiro atoms. The Kier molecular flexibility index (Phi) is 5.38. The van der Waals surface area contributed by atoms with E-state index in [-0.39, 0.29) is 5.91 Å². The second kappa shape index (κ2) is 8.11. The molecular formula is C22H28N6O. The summed E-state index contributed by atoms with van der Waals surface area (Å²) in [5, 5.41) is 4.41. The van der Waals surface area contributed by atoms with Gasteiger partial charge in [0.25, 0.3) is 0 Å². The van der Waals surface area contributed by atoms with E-state index in [0.29, 0.717) is 19.5 Å². The number of hydrogen-bond donors (Lipinski definition) is 1. The zero-order valence-electron chi connectivity index (χ0n) is 17.4. The molecular weight excluding hydrogens is 364 g/mol. The van der Waals surface area contributed by atoms with Crippen LogP contribution < -0.4 is 10.2 Å². The van der Waals surface area contributed by atoms with Crippen molar-refractivity contribution < 1.29 is 4.79 Å². The summed E-state index contributed by atoms with van der Waals surface area (Å²) in [6.45, 7) is 7.74. The molecule has 1 amide bonds.